The average Bonchev–Trinajstić information content (AvgIpc) is 2.71. The summed E-state index contributed by atoms with van der Waals surface area (Å²) in [5.74, 6) is -2.08. The van der Waals surface area contributed by atoms with Crippen molar-refractivity contribution < 1.29 is 32.3 Å². The van der Waals surface area contributed by atoms with Crippen LogP contribution in [0.5, 0.6) is 0 Å². The number of benzene rings is 2. The number of rotatable bonds is 6. The molecule has 0 aromatic heterocycles. The number of carbonyl (C=O) groups is 3. The number of ether oxygens (including phenoxy) is 1. The molecule has 2 unspecified atom stereocenters. The number of hydrogen-bond acceptors (Lipinski definition) is 4. The van der Waals surface area contributed by atoms with E-state index < -0.39 is 41.2 Å². The molecule has 9 heteroatoms. The van der Waals surface area contributed by atoms with Crippen LogP contribution in [0.2, 0.25) is 0 Å². The zero-order valence-electron chi connectivity index (χ0n) is 18.1. The minimum atomic E-state index is -4.58. The van der Waals surface area contributed by atoms with Crippen molar-refractivity contribution >= 4 is 23.5 Å². The monoisotopic (exact) mass is 450 g/mol. The van der Waals surface area contributed by atoms with Crippen LogP contribution in [0.1, 0.15) is 44.9 Å². The summed E-state index contributed by atoms with van der Waals surface area (Å²) in [5, 5.41) is 4.88. The minimum Gasteiger partial charge on any atom is -0.446 e. The van der Waals surface area contributed by atoms with Crippen LogP contribution in [0.4, 0.5) is 18.9 Å². The molecule has 0 bridgehead atoms. The van der Waals surface area contributed by atoms with Gasteiger partial charge >= 0.3 is 12.1 Å². The summed E-state index contributed by atoms with van der Waals surface area (Å²) >= 11 is 0. The van der Waals surface area contributed by atoms with Crippen molar-refractivity contribution in [2.45, 2.75) is 46.0 Å². The smallest absolute Gasteiger partial charge is 0.416 e. The van der Waals surface area contributed by atoms with Crippen molar-refractivity contribution in [3.63, 3.8) is 0 Å². The van der Waals surface area contributed by atoms with Crippen LogP contribution in [0.15, 0.2) is 54.6 Å². The molecule has 32 heavy (non-hydrogen) atoms. The SMILES string of the molecule is CC(NC(=O)C(C)(C)C)C(=O)OC(C(=O)Nc1cccc(C(F)(F)F)c1)c1ccccc1. The second-order valence-electron chi connectivity index (χ2n) is 8.24. The highest BCUT2D eigenvalue weighted by atomic mass is 19.4. The number of nitrogens with one attached hydrogen (secondary N) is 2. The van der Waals surface area contributed by atoms with Gasteiger partial charge in [-0.15, -0.1) is 0 Å². The van der Waals surface area contributed by atoms with Crippen LogP contribution >= 0.6 is 0 Å². The highest BCUT2D eigenvalue weighted by molar-refractivity contribution is 5.96. The molecule has 0 saturated carbocycles. The maximum absolute atomic E-state index is 13.0. The Labute approximate surface area is 184 Å². The van der Waals surface area contributed by atoms with Gasteiger partial charge in [-0.05, 0) is 25.1 Å². The first-order valence-electron chi connectivity index (χ1n) is 9.83. The molecule has 172 valence electrons. The van der Waals surface area contributed by atoms with E-state index in [0.29, 0.717) is 5.56 Å². The molecule has 2 amide bonds. The summed E-state index contributed by atoms with van der Waals surface area (Å²) in [7, 11) is 0. The van der Waals surface area contributed by atoms with Gasteiger partial charge in [-0.3, -0.25) is 9.59 Å². The van der Waals surface area contributed by atoms with Gasteiger partial charge in [-0.1, -0.05) is 57.2 Å². The molecule has 0 aliphatic rings. The van der Waals surface area contributed by atoms with E-state index >= 15 is 0 Å². The Bertz CT molecular complexity index is 969. The fraction of sp³-hybridized carbons (Fsp3) is 0.348. The minimum absolute atomic E-state index is 0.101. The van der Waals surface area contributed by atoms with Crippen LogP contribution in [-0.2, 0) is 25.3 Å². The predicted molar refractivity (Wildman–Crippen MR) is 112 cm³/mol. The molecule has 0 saturated heterocycles. The standard InChI is InChI=1S/C23H25F3N2O4/c1-14(27-21(31)22(2,3)4)20(30)32-18(15-9-6-5-7-10-15)19(29)28-17-12-8-11-16(13-17)23(24,25)26/h5-14,18H,1-4H3,(H,27,31)(H,28,29). The van der Waals surface area contributed by atoms with Crippen molar-refractivity contribution in [2.75, 3.05) is 5.32 Å². The summed E-state index contributed by atoms with van der Waals surface area (Å²) in [6.07, 6.45) is -6.01. The molecule has 2 aromatic rings. The van der Waals surface area contributed by atoms with Gasteiger partial charge in [0.05, 0.1) is 5.56 Å². The van der Waals surface area contributed by atoms with Crippen LogP contribution < -0.4 is 10.6 Å². The second-order valence-corrected chi connectivity index (χ2v) is 8.24. The van der Waals surface area contributed by atoms with Gasteiger partial charge < -0.3 is 15.4 Å². The van der Waals surface area contributed by atoms with E-state index in [0.717, 1.165) is 18.2 Å². The van der Waals surface area contributed by atoms with Gasteiger partial charge in [0.2, 0.25) is 12.0 Å². The molecule has 2 N–H and O–H groups in total. The molecule has 0 aliphatic heterocycles. The topological polar surface area (TPSA) is 84.5 Å². The van der Waals surface area contributed by atoms with E-state index in [2.05, 4.69) is 10.6 Å². The first kappa shape index (κ1) is 24.9. The summed E-state index contributed by atoms with van der Waals surface area (Å²) in [6, 6.07) is 11.1. The maximum Gasteiger partial charge on any atom is 0.416 e. The largest absolute Gasteiger partial charge is 0.446 e. The van der Waals surface area contributed by atoms with Gasteiger partial charge in [0.15, 0.2) is 0 Å². The Balaban J connectivity index is 2.22. The number of esters is 1. The molecule has 6 nitrogen and oxygen atoms in total. The quantitative estimate of drug-likeness (QED) is 0.636. The third kappa shape index (κ3) is 6.83. The lowest BCUT2D eigenvalue weighted by Gasteiger charge is -2.23. The van der Waals surface area contributed by atoms with Crippen LogP contribution in [0.25, 0.3) is 0 Å². The number of amides is 2. The Morgan fingerprint density at radius 2 is 1.56 bits per heavy atom. The Kier molecular flexibility index (Phi) is 7.66. The zero-order valence-corrected chi connectivity index (χ0v) is 18.1. The molecule has 0 fully saturated rings. The van der Waals surface area contributed by atoms with E-state index in [1.54, 1.807) is 51.1 Å². The second kappa shape index (κ2) is 9.84. The van der Waals surface area contributed by atoms with E-state index in [-0.39, 0.29) is 11.6 Å². The summed E-state index contributed by atoms with van der Waals surface area (Å²) < 4.78 is 44.2. The molecule has 2 aromatic carbocycles. The molecule has 0 heterocycles. The van der Waals surface area contributed by atoms with Crippen molar-refractivity contribution in [1.82, 2.24) is 5.32 Å². The van der Waals surface area contributed by atoms with Gasteiger partial charge in [0.1, 0.15) is 6.04 Å². The highest BCUT2D eigenvalue weighted by Gasteiger charge is 2.32. The lowest BCUT2D eigenvalue weighted by atomic mass is 9.95. The van der Waals surface area contributed by atoms with Crippen molar-refractivity contribution in [3.8, 4) is 0 Å². The van der Waals surface area contributed by atoms with Crippen molar-refractivity contribution in [2.24, 2.45) is 5.41 Å². The normalized spacial score (nSPS) is 13.6. The molecular weight excluding hydrogens is 425 g/mol. The summed E-state index contributed by atoms with van der Waals surface area (Å²) in [5.41, 5.74) is -1.45. The highest BCUT2D eigenvalue weighted by Crippen LogP contribution is 2.31. The molecule has 2 atom stereocenters. The lowest BCUT2D eigenvalue weighted by molar-refractivity contribution is -0.157. The molecular formula is C23H25F3N2O4. The van der Waals surface area contributed by atoms with Gasteiger partial charge in [-0.25, -0.2) is 4.79 Å². The van der Waals surface area contributed by atoms with Crippen LogP contribution in [0.3, 0.4) is 0 Å². The first-order valence-corrected chi connectivity index (χ1v) is 9.83. The Morgan fingerprint density at radius 1 is 0.938 bits per heavy atom. The van der Waals surface area contributed by atoms with Crippen molar-refractivity contribution in [1.29, 1.82) is 0 Å². The number of halogens is 3. The molecule has 0 radical (unpaired) electrons. The van der Waals surface area contributed by atoms with E-state index in [1.165, 1.54) is 13.0 Å². The zero-order chi connectivity index (χ0) is 24.1. The third-order valence-corrected chi connectivity index (χ3v) is 4.41. The van der Waals surface area contributed by atoms with E-state index in [4.69, 9.17) is 4.74 Å². The Hall–Kier alpha value is -3.36. The number of hydrogen-bond donors (Lipinski definition) is 2. The van der Waals surface area contributed by atoms with E-state index in [1.807, 2.05) is 0 Å². The molecule has 0 spiro atoms. The van der Waals surface area contributed by atoms with Crippen LogP contribution in [-0.4, -0.2) is 23.8 Å². The fourth-order valence-electron chi connectivity index (χ4n) is 2.57. The van der Waals surface area contributed by atoms with E-state index in [9.17, 15) is 27.6 Å². The summed E-state index contributed by atoms with van der Waals surface area (Å²) in [4.78, 5) is 37.6. The van der Waals surface area contributed by atoms with Gasteiger partial charge in [0, 0.05) is 16.7 Å². The maximum atomic E-state index is 13.0. The predicted octanol–water partition coefficient (Wildman–Crippen LogP) is 4.48. The van der Waals surface area contributed by atoms with Crippen molar-refractivity contribution in [3.05, 3.63) is 65.7 Å². The Morgan fingerprint density at radius 3 is 2.12 bits per heavy atom. The molecule has 2 rings (SSSR count). The van der Waals surface area contributed by atoms with Gasteiger partial charge in [-0.2, -0.15) is 13.2 Å². The number of anilines is 1. The average molecular weight is 450 g/mol. The number of carbonyl (C=O) groups excluding carboxylic acids is 3. The third-order valence-electron chi connectivity index (χ3n) is 4.41. The summed E-state index contributed by atoms with van der Waals surface area (Å²) in [6.45, 7) is 6.44. The lowest BCUT2D eigenvalue weighted by Crippen LogP contribution is -2.45. The number of alkyl halides is 3. The first-order chi connectivity index (χ1) is 14.8. The fourth-order valence-corrected chi connectivity index (χ4v) is 2.57. The van der Waals surface area contributed by atoms with Gasteiger partial charge in [0.25, 0.3) is 5.91 Å². The molecule has 0 aliphatic carbocycles. The van der Waals surface area contributed by atoms with Crippen LogP contribution in [0, 0.1) is 5.41 Å².